The van der Waals surface area contributed by atoms with E-state index in [1.54, 1.807) is 30.5 Å². The van der Waals surface area contributed by atoms with Crippen LogP contribution in [-0.2, 0) is 0 Å². The van der Waals surface area contributed by atoms with Crippen molar-refractivity contribution < 1.29 is 9.18 Å². The molecule has 0 atom stereocenters. The highest BCUT2D eigenvalue weighted by molar-refractivity contribution is 6.19. The molecule has 0 bridgehead atoms. The average molecular weight is 448 g/mol. The number of anilines is 3. The van der Waals surface area contributed by atoms with Crippen LogP contribution in [0, 0.1) is 5.82 Å². The number of aromatic nitrogens is 2. The lowest BCUT2D eigenvalue weighted by Crippen LogP contribution is -2.19. The summed E-state index contributed by atoms with van der Waals surface area (Å²) in [6.07, 6.45) is 3.21. The van der Waals surface area contributed by atoms with Crippen LogP contribution in [0.5, 0.6) is 0 Å². The Morgan fingerprint density at radius 1 is 1.06 bits per heavy atom. The highest BCUT2D eigenvalue weighted by Gasteiger charge is 2.13. The van der Waals surface area contributed by atoms with Crippen LogP contribution < -0.4 is 22.1 Å². The molecule has 0 saturated carbocycles. The Kier molecular flexibility index (Phi) is 7.02. The largest absolute Gasteiger partial charge is 0.396 e. The Balaban J connectivity index is 1.92. The molecule has 0 aliphatic carbocycles. The first-order valence-corrected chi connectivity index (χ1v) is 10.2. The molecule has 1 heterocycles. The van der Waals surface area contributed by atoms with E-state index in [1.165, 1.54) is 30.5 Å². The molecule has 9 heteroatoms. The van der Waals surface area contributed by atoms with Crippen molar-refractivity contribution in [1.29, 1.82) is 0 Å². The Morgan fingerprint density at radius 3 is 2.42 bits per heavy atom. The molecule has 3 aromatic rings. The number of nitrogens with one attached hydrogen (secondary N) is 2. The van der Waals surface area contributed by atoms with Gasteiger partial charge in [0.1, 0.15) is 5.82 Å². The number of halogens is 1. The number of aliphatic imine (C=N–C) groups is 1. The third-order valence-corrected chi connectivity index (χ3v) is 4.35. The Hall–Kier alpha value is -4.27. The number of benzene rings is 2. The third-order valence-electron chi connectivity index (χ3n) is 4.35. The van der Waals surface area contributed by atoms with E-state index in [0.29, 0.717) is 28.3 Å². The first-order chi connectivity index (χ1) is 15.6. The van der Waals surface area contributed by atoms with Crippen molar-refractivity contribution in [3.05, 3.63) is 77.9 Å². The summed E-state index contributed by atoms with van der Waals surface area (Å²) in [4.78, 5) is 25.1. The lowest BCUT2D eigenvalue weighted by molar-refractivity contribution is 0.262. The van der Waals surface area contributed by atoms with E-state index in [9.17, 15) is 9.18 Å². The van der Waals surface area contributed by atoms with Gasteiger partial charge < -0.3 is 22.1 Å². The molecular formula is C24H26FN7O. The number of amides is 2. The molecule has 0 spiro atoms. The van der Waals surface area contributed by atoms with Gasteiger partial charge in [0.15, 0.2) is 0 Å². The van der Waals surface area contributed by atoms with Gasteiger partial charge in [0, 0.05) is 29.4 Å². The maximum atomic E-state index is 13.1. The summed E-state index contributed by atoms with van der Waals surface area (Å²) < 4.78 is 13.1. The SMILES string of the molecule is CC(C)(C)N=CC(=C(N)c1ccnc(N)n1)c1cccc(NC(=O)Nc2ccc(F)cc2)c1. The second-order valence-electron chi connectivity index (χ2n) is 8.22. The molecule has 2 amide bonds. The number of nitrogen functional groups attached to an aromatic ring is 1. The molecule has 0 fully saturated rings. The van der Waals surface area contributed by atoms with Gasteiger partial charge in [-0.15, -0.1) is 0 Å². The third kappa shape index (κ3) is 6.86. The summed E-state index contributed by atoms with van der Waals surface area (Å²) >= 11 is 0. The van der Waals surface area contributed by atoms with Crippen molar-refractivity contribution in [2.75, 3.05) is 16.4 Å². The summed E-state index contributed by atoms with van der Waals surface area (Å²) in [5.74, 6) is -0.275. The van der Waals surface area contributed by atoms with Crippen molar-refractivity contribution in [3.8, 4) is 0 Å². The van der Waals surface area contributed by atoms with Crippen LogP contribution in [0.15, 0.2) is 65.8 Å². The molecule has 3 rings (SSSR count). The fourth-order valence-electron chi connectivity index (χ4n) is 2.81. The molecule has 0 radical (unpaired) electrons. The Morgan fingerprint density at radius 2 is 1.76 bits per heavy atom. The highest BCUT2D eigenvalue weighted by Crippen LogP contribution is 2.24. The molecule has 0 aliphatic heterocycles. The second-order valence-corrected chi connectivity index (χ2v) is 8.22. The standard InChI is InChI=1S/C24H26FN7O/c1-24(2,3)29-14-19(21(26)20-11-12-28-22(27)32-20)15-5-4-6-18(13-15)31-23(33)30-17-9-7-16(25)8-10-17/h4-14H,26H2,1-3H3,(H2,27,28,32)(H2,30,31,33). The van der Waals surface area contributed by atoms with E-state index in [-0.39, 0.29) is 17.3 Å². The molecule has 2 aromatic carbocycles. The quantitative estimate of drug-likeness (QED) is 0.427. The van der Waals surface area contributed by atoms with Crippen LogP contribution in [0.4, 0.5) is 26.5 Å². The van der Waals surface area contributed by atoms with E-state index >= 15 is 0 Å². The maximum Gasteiger partial charge on any atom is 0.323 e. The zero-order valence-electron chi connectivity index (χ0n) is 18.6. The van der Waals surface area contributed by atoms with Crippen molar-refractivity contribution in [2.45, 2.75) is 26.3 Å². The number of carbonyl (C=O) groups excluding carboxylic acids is 1. The molecule has 1 aromatic heterocycles. The van der Waals surface area contributed by atoms with Crippen LogP contribution in [0.2, 0.25) is 0 Å². The van der Waals surface area contributed by atoms with Gasteiger partial charge >= 0.3 is 6.03 Å². The number of carbonyl (C=O) groups is 1. The Bertz CT molecular complexity index is 1200. The van der Waals surface area contributed by atoms with Crippen LogP contribution >= 0.6 is 0 Å². The molecule has 0 aliphatic rings. The van der Waals surface area contributed by atoms with Gasteiger partial charge in [-0.05, 0) is 68.8 Å². The smallest absolute Gasteiger partial charge is 0.323 e. The second kappa shape index (κ2) is 9.90. The lowest BCUT2D eigenvalue weighted by Gasteiger charge is -2.15. The number of hydrogen-bond donors (Lipinski definition) is 4. The fraction of sp³-hybridized carbons (Fsp3) is 0.167. The topological polar surface area (TPSA) is 131 Å². The minimum atomic E-state index is -0.468. The van der Waals surface area contributed by atoms with Gasteiger partial charge in [-0.2, -0.15) is 0 Å². The van der Waals surface area contributed by atoms with Gasteiger partial charge in [-0.3, -0.25) is 4.99 Å². The molecule has 0 saturated heterocycles. The van der Waals surface area contributed by atoms with Gasteiger partial charge in [0.05, 0.1) is 16.9 Å². The minimum absolute atomic E-state index is 0.107. The van der Waals surface area contributed by atoms with Crippen molar-refractivity contribution >= 4 is 40.8 Å². The molecular weight excluding hydrogens is 421 g/mol. The van der Waals surface area contributed by atoms with E-state index in [1.807, 2.05) is 26.8 Å². The highest BCUT2D eigenvalue weighted by atomic mass is 19.1. The zero-order chi connectivity index (χ0) is 24.0. The first-order valence-electron chi connectivity index (χ1n) is 10.2. The normalized spacial score (nSPS) is 12.4. The van der Waals surface area contributed by atoms with E-state index in [2.05, 4.69) is 25.6 Å². The molecule has 170 valence electrons. The molecule has 6 N–H and O–H groups in total. The lowest BCUT2D eigenvalue weighted by atomic mass is 10.0. The Labute approximate surface area is 191 Å². The average Bonchev–Trinajstić information content (AvgIpc) is 2.75. The minimum Gasteiger partial charge on any atom is -0.396 e. The number of nitrogens with two attached hydrogens (primary N) is 2. The molecule has 8 nitrogen and oxygen atoms in total. The van der Waals surface area contributed by atoms with Crippen molar-refractivity contribution in [1.82, 2.24) is 9.97 Å². The number of allylic oxidation sites excluding steroid dienone is 1. The fourth-order valence-corrected chi connectivity index (χ4v) is 2.81. The van der Waals surface area contributed by atoms with E-state index < -0.39 is 6.03 Å². The summed E-state index contributed by atoms with van der Waals surface area (Å²) in [5.41, 5.74) is 15.0. The van der Waals surface area contributed by atoms with Crippen LogP contribution in [0.3, 0.4) is 0 Å². The summed E-state index contributed by atoms with van der Waals surface area (Å²) in [6, 6.07) is 13.8. The van der Waals surface area contributed by atoms with Gasteiger partial charge in [-0.1, -0.05) is 12.1 Å². The number of hydrogen-bond acceptors (Lipinski definition) is 6. The first kappa shape index (κ1) is 23.4. The monoisotopic (exact) mass is 447 g/mol. The van der Waals surface area contributed by atoms with Crippen molar-refractivity contribution in [3.63, 3.8) is 0 Å². The van der Waals surface area contributed by atoms with E-state index in [0.717, 1.165) is 5.56 Å². The summed E-state index contributed by atoms with van der Waals surface area (Å²) in [5, 5.41) is 5.42. The number of urea groups is 1. The summed E-state index contributed by atoms with van der Waals surface area (Å²) in [7, 11) is 0. The van der Waals surface area contributed by atoms with Crippen LogP contribution in [0.25, 0.3) is 11.3 Å². The number of rotatable bonds is 5. The molecule has 0 unspecified atom stereocenters. The predicted octanol–water partition coefficient (Wildman–Crippen LogP) is 4.54. The van der Waals surface area contributed by atoms with Crippen LogP contribution in [-0.4, -0.2) is 27.8 Å². The summed E-state index contributed by atoms with van der Waals surface area (Å²) in [6.45, 7) is 5.91. The van der Waals surface area contributed by atoms with Gasteiger partial charge in [-0.25, -0.2) is 19.2 Å². The van der Waals surface area contributed by atoms with Crippen LogP contribution in [0.1, 0.15) is 32.0 Å². The molecule has 33 heavy (non-hydrogen) atoms. The van der Waals surface area contributed by atoms with Gasteiger partial charge in [0.25, 0.3) is 0 Å². The predicted molar refractivity (Wildman–Crippen MR) is 131 cm³/mol. The van der Waals surface area contributed by atoms with Gasteiger partial charge in [0.2, 0.25) is 5.95 Å². The zero-order valence-corrected chi connectivity index (χ0v) is 18.6. The van der Waals surface area contributed by atoms with Crippen molar-refractivity contribution in [2.24, 2.45) is 10.7 Å². The maximum absolute atomic E-state index is 13.1. The number of nitrogens with zero attached hydrogens (tertiary/aromatic N) is 3. The van der Waals surface area contributed by atoms with E-state index in [4.69, 9.17) is 11.5 Å².